The van der Waals surface area contributed by atoms with Crippen molar-refractivity contribution in [3.8, 4) is 10.4 Å². The third-order valence-electron chi connectivity index (χ3n) is 2.89. The van der Waals surface area contributed by atoms with Gasteiger partial charge in [-0.25, -0.2) is 9.97 Å². The Morgan fingerprint density at radius 1 is 1.38 bits per heavy atom. The van der Waals surface area contributed by atoms with Gasteiger partial charge in [0.1, 0.15) is 15.7 Å². The second kappa shape index (κ2) is 6.13. The van der Waals surface area contributed by atoms with Gasteiger partial charge in [0.2, 0.25) is 5.91 Å². The summed E-state index contributed by atoms with van der Waals surface area (Å²) in [6, 6.07) is 4.14. The van der Waals surface area contributed by atoms with Crippen molar-refractivity contribution in [3.63, 3.8) is 0 Å². The number of aryl methyl sites for hydroxylation is 1. The van der Waals surface area contributed by atoms with Crippen LogP contribution in [0.15, 0.2) is 27.9 Å². The molecule has 2 N–H and O–H groups in total. The monoisotopic (exact) mass is 335 g/mol. The van der Waals surface area contributed by atoms with Gasteiger partial charge in [-0.15, -0.1) is 34.4 Å². The van der Waals surface area contributed by atoms with E-state index < -0.39 is 0 Å². The number of rotatable bonds is 5. The summed E-state index contributed by atoms with van der Waals surface area (Å²) in [5.74, 6) is 1.11. The van der Waals surface area contributed by atoms with Crippen LogP contribution < -0.4 is 5.73 Å². The van der Waals surface area contributed by atoms with Crippen molar-refractivity contribution in [3.05, 3.63) is 28.7 Å². The molecule has 21 heavy (non-hydrogen) atoms. The molecule has 0 saturated heterocycles. The van der Waals surface area contributed by atoms with Gasteiger partial charge in [0.25, 0.3) is 0 Å². The van der Waals surface area contributed by atoms with Crippen LogP contribution in [-0.4, -0.2) is 21.6 Å². The van der Waals surface area contributed by atoms with E-state index in [0.29, 0.717) is 12.2 Å². The Kier molecular flexibility index (Phi) is 4.23. The molecule has 0 aliphatic heterocycles. The minimum atomic E-state index is -0.284. The third-order valence-corrected chi connectivity index (χ3v) is 5.64. The van der Waals surface area contributed by atoms with E-state index in [0.717, 1.165) is 21.1 Å². The molecule has 7 heteroatoms. The van der Waals surface area contributed by atoms with E-state index >= 15 is 0 Å². The number of hydrogen-bond acceptors (Lipinski definition) is 6. The third kappa shape index (κ3) is 3.09. The Bertz CT molecular complexity index is 780. The summed E-state index contributed by atoms with van der Waals surface area (Å²) in [6.07, 6.45) is 0.355. The summed E-state index contributed by atoms with van der Waals surface area (Å²) in [7, 11) is 0. The number of thioether (sulfide) groups is 1. The molecule has 0 aliphatic rings. The zero-order valence-corrected chi connectivity index (χ0v) is 13.8. The number of hydrogen-bond donors (Lipinski definition) is 1. The van der Waals surface area contributed by atoms with Gasteiger partial charge in [0.15, 0.2) is 0 Å². The Labute approximate surface area is 134 Å². The van der Waals surface area contributed by atoms with Gasteiger partial charge in [0.05, 0.1) is 5.39 Å². The topological polar surface area (TPSA) is 68.9 Å². The van der Waals surface area contributed by atoms with Crippen LogP contribution in [0.1, 0.15) is 12.2 Å². The highest BCUT2D eigenvalue weighted by molar-refractivity contribution is 7.99. The second-order valence-corrected chi connectivity index (χ2v) is 7.34. The van der Waals surface area contributed by atoms with Crippen LogP contribution in [0, 0.1) is 6.92 Å². The molecule has 0 spiro atoms. The van der Waals surface area contributed by atoms with Gasteiger partial charge >= 0.3 is 0 Å². The van der Waals surface area contributed by atoms with Crippen LogP contribution in [0.4, 0.5) is 0 Å². The molecule has 0 saturated carbocycles. The molecule has 3 heterocycles. The fourth-order valence-corrected chi connectivity index (χ4v) is 4.89. The number of nitrogens with two attached hydrogens (primary N) is 1. The number of fused-ring (bicyclic) bond motifs is 1. The number of carbonyl (C=O) groups excluding carboxylic acids is 1. The highest BCUT2D eigenvalue weighted by Crippen LogP contribution is 2.39. The Balaban J connectivity index is 2.04. The minimum Gasteiger partial charge on any atom is -0.370 e. The molecule has 0 bridgehead atoms. The normalized spacial score (nSPS) is 11.1. The summed E-state index contributed by atoms with van der Waals surface area (Å²) < 4.78 is 0. The van der Waals surface area contributed by atoms with Crippen LogP contribution in [0.25, 0.3) is 20.7 Å². The zero-order chi connectivity index (χ0) is 14.8. The molecule has 0 radical (unpaired) electrons. The summed E-state index contributed by atoms with van der Waals surface area (Å²) in [6.45, 7) is 1.89. The highest BCUT2D eigenvalue weighted by Gasteiger charge is 2.15. The molecule has 0 aromatic carbocycles. The number of thiophene rings is 2. The van der Waals surface area contributed by atoms with Gasteiger partial charge in [-0.3, -0.25) is 4.79 Å². The average molecular weight is 335 g/mol. The number of amides is 1. The molecule has 0 unspecified atom stereocenters. The van der Waals surface area contributed by atoms with Crippen LogP contribution in [-0.2, 0) is 4.79 Å². The lowest BCUT2D eigenvalue weighted by Crippen LogP contribution is -2.11. The first-order chi connectivity index (χ1) is 10.1. The standard InChI is InChI=1S/C14H13N3OS3/c1-8-16-13(20-6-4-11(15)18)12-9(7-21-14(12)17-8)10-3-2-5-19-10/h2-3,5,7H,4,6H2,1H3,(H2,15,18). The summed E-state index contributed by atoms with van der Waals surface area (Å²) in [5.41, 5.74) is 6.38. The number of nitrogens with zero attached hydrogens (tertiary/aromatic N) is 2. The van der Waals surface area contributed by atoms with Crippen molar-refractivity contribution in [2.45, 2.75) is 18.4 Å². The van der Waals surface area contributed by atoms with Crippen molar-refractivity contribution in [1.82, 2.24) is 9.97 Å². The van der Waals surface area contributed by atoms with Crippen LogP contribution >= 0.6 is 34.4 Å². The molecule has 3 aromatic heterocycles. The molecule has 0 atom stereocenters. The molecule has 4 nitrogen and oxygen atoms in total. The lowest BCUT2D eigenvalue weighted by atomic mass is 10.2. The number of carbonyl (C=O) groups is 1. The van der Waals surface area contributed by atoms with Gasteiger partial charge in [-0.1, -0.05) is 6.07 Å². The lowest BCUT2D eigenvalue weighted by Gasteiger charge is -2.05. The van der Waals surface area contributed by atoms with Crippen LogP contribution in [0.2, 0.25) is 0 Å². The predicted octanol–water partition coefficient (Wildman–Crippen LogP) is 3.70. The van der Waals surface area contributed by atoms with Crippen molar-refractivity contribution in [2.24, 2.45) is 5.73 Å². The minimum absolute atomic E-state index is 0.284. The van der Waals surface area contributed by atoms with Gasteiger partial charge in [-0.2, -0.15) is 0 Å². The molecular formula is C14H13N3OS3. The lowest BCUT2D eigenvalue weighted by molar-refractivity contribution is -0.117. The molecule has 108 valence electrons. The maximum atomic E-state index is 10.9. The number of aromatic nitrogens is 2. The van der Waals surface area contributed by atoms with Crippen LogP contribution in [0.5, 0.6) is 0 Å². The van der Waals surface area contributed by atoms with Gasteiger partial charge in [0, 0.05) is 28.0 Å². The fraction of sp³-hybridized carbons (Fsp3) is 0.214. The van der Waals surface area contributed by atoms with Crippen LogP contribution in [0.3, 0.4) is 0 Å². The van der Waals surface area contributed by atoms with E-state index in [1.54, 1.807) is 34.4 Å². The molecular weight excluding hydrogens is 322 g/mol. The molecule has 0 aliphatic carbocycles. The average Bonchev–Trinajstić information content (AvgIpc) is 3.05. The molecule has 0 fully saturated rings. The smallest absolute Gasteiger partial charge is 0.218 e. The van der Waals surface area contributed by atoms with Crippen molar-refractivity contribution in [1.29, 1.82) is 0 Å². The Hall–Kier alpha value is -1.44. The van der Waals surface area contributed by atoms with Crippen molar-refractivity contribution >= 4 is 50.6 Å². The Morgan fingerprint density at radius 3 is 2.95 bits per heavy atom. The van der Waals surface area contributed by atoms with Gasteiger partial charge in [-0.05, 0) is 18.4 Å². The maximum absolute atomic E-state index is 10.9. The van der Waals surface area contributed by atoms with Gasteiger partial charge < -0.3 is 5.73 Å². The zero-order valence-electron chi connectivity index (χ0n) is 11.3. The van der Waals surface area contributed by atoms with Crippen molar-refractivity contribution < 1.29 is 4.79 Å². The maximum Gasteiger partial charge on any atom is 0.218 e. The van der Waals surface area contributed by atoms with Crippen molar-refractivity contribution in [2.75, 3.05) is 5.75 Å². The summed E-state index contributed by atoms with van der Waals surface area (Å²) in [5, 5.41) is 6.21. The first-order valence-electron chi connectivity index (χ1n) is 6.36. The molecule has 1 amide bonds. The van der Waals surface area contributed by atoms with E-state index in [9.17, 15) is 4.79 Å². The first-order valence-corrected chi connectivity index (χ1v) is 9.10. The van der Waals surface area contributed by atoms with E-state index in [2.05, 4.69) is 26.8 Å². The van der Waals surface area contributed by atoms with E-state index in [1.807, 2.05) is 13.0 Å². The van der Waals surface area contributed by atoms with E-state index in [-0.39, 0.29) is 5.91 Å². The largest absolute Gasteiger partial charge is 0.370 e. The van der Waals surface area contributed by atoms with E-state index in [4.69, 9.17) is 5.73 Å². The SMILES string of the molecule is Cc1nc(SCCC(N)=O)c2c(-c3cccs3)csc2n1. The predicted molar refractivity (Wildman–Crippen MR) is 90.0 cm³/mol. The molecule has 3 rings (SSSR count). The molecule has 3 aromatic rings. The highest BCUT2D eigenvalue weighted by atomic mass is 32.2. The summed E-state index contributed by atoms with van der Waals surface area (Å²) >= 11 is 4.90. The van der Waals surface area contributed by atoms with E-state index in [1.165, 1.54) is 10.4 Å². The quantitative estimate of drug-likeness (QED) is 0.570. The second-order valence-electron chi connectivity index (χ2n) is 4.45. The first kappa shape index (κ1) is 14.5. The Morgan fingerprint density at radius 2 is 2.24 bits per heavy atom. The number of primary amides is 1. The summed E-state index contributed by atoms with van der Waals surface area (Å²) in [4.78, 5) is 22.2. The fourth-order valence-electron chi connectivity index (χ4n) is 1.98.